The number of amides is 1. The van der Waals surface area contributed by atoms with Crippen molar-refractivity contribution in [3.8, 4) is 17.2 Å². The molecule has 1 aromatic rings. The number of likely N-dealkylation sites (tertiary alicyclic amines) is 1. The number of nitrogens with zero attached hydrogens (tertiary/aromatic N) is 1. The second-order valence-electron chi connectivity index (χ2n) is 5.24. The van der Waals surface area contributed by atoms with E-state index in [9.17, 15) is 4.79 Å². The lowest BCUT2D eigenvalue weighted by atomic mass is 10.0. The number of rotatable bonds is 5. The summed E-state index contributed by atoms with van der Waals surface area (Å²) in [5, 5.41) is 3.26. The molecule has 122 valence electrons. The van der Waals surface area contributed by atoms with E-state index in [0.29, 0.717) is 28.9 Å². The molecule has 1 heterocycles. The van der Waals surface area contributed by atoms with Gasteiger partial charge in [-0.2, -0.15) is 0 Å². The smallest absolute Gasteiger partial charge is 0.257 e. The zero-order valence-corrected chi connectivity index (χ0v) is 13.6. The summed E-state index contributed by atoms with van der Waals surface area (Å²) in [4.78, 5) is 14.6. The molecule has 1 aliphatic rings. The molecule has 1 aromatic carbocycles. The number of nitrogens with one attached hydrogen (secondary N) is 1. The predicted octanol–water partition coefficient (Wildman–Crippen LogP) is 1.54. The first-order valence-electron chi connectivity index (χ1n) is 7.41. The summed E-state index contributed by atoms with van der Waals surface area (Å²) in [5.74, 6) is 1.38. The maximum Gasteiger partial charge on any atom is 0.257 e. The number of carbonyl (C=O) groups excluding carboxylic acids is 1. The van der Waals surface area contributed by atoms with Crippen LogP contribution in [-0.4, -0.2) is 58.3 Å². The molecule has 0 bridgehead atoms. The van der Waals surface area contributed by atoms with Crippen molar-refractivity contribution in [3.05, 3.63) is 17.7 Å². The molecule has 6 heteroatoms. The highest BCUT2D eigenvalue weighted by molar-refractivity contribution is 5.98. The maximum absolute atomic E-state index is 12.8. The van der Waals surface area contributed by atoms with Crippen molar-refractivity contribution in [2.75, 3.05) is 41.5 Å². The van der Waals surface area contributed by atoms with Gasteiger partial charge in [0.2, 0.25) is 5.75 Å². The molecule has 0 unspecified atom stereocenters. The van der Waals surface area contributed by atoms with E-state index >= 15 is 0 Å². The first-order valence-corrected chi connectivity index (χ1v) is 7.41. The summed E-state index contributed by atoms with van der Waals surface area (Å²) in [6, 6.07) is 3.94. The van der Waals surface area contributed by atoms with Crippen LogP contribution in [0.1, 0.15) is 23.2 Å². The first kappa shape index (κ1) is 16.4. The summed E-state index contributed by atoms with van der Waals surface area (Å²) < 4.78 is 16.0. The zero-order valence-electron chi connectivity index (χ0n) is 13.6. The summed E-state index contributed by atoms with van der Waals surface area (Å²) in [5.41, 5.74) is 0.503. The number of piperidine rings is 1. The third-order valence-corrected chi connectivity index (χ3v) is 4.13. The van der Waals surface area contributed by atoms with Gasteiger partial charge in [0.05, 0.1) is 26.9 Å². The standard InChI is InChI=1S/C16H24N2O4/c1-17-11-7-9-18(10-8-11)16(19)12-5-6-13(20-2)15(22-4)14(12)21-3/h5-6,11,17H,7-10H2,1-4H3. The lowest BCUT2D eigenvalue weighted by Crippen LogP contribution is -2.44. The average Bonchev–Trinajstić information content (AvgIpc) is 2.59. The Hall–Kier alpha value is -1.95. The number of ether oxygens (including phenoxy) is 3. The minimum absolute atomic E-state index is 0.0349. The van der Waals surface area contributed by atoms with Gasteiger partial charge in [0.1, 0.15) is 0 Å². The van der Waals surface area contributed by atoms with Gasteiger partial charge in [-0.05, 0) is 32.0 Å². The quantitative estimate of drug-likeness (QED) is 0.894. The van der Waals surface area contributed by atoms with Crippen molar-refractivity contribution in [2.45, 2.75) is 18.9 Å². The van der Waals surface area contributed by atoms with Gasteiger partial charge in [0.15, 0.2) is 11.5 Å². The number of methoxy groups -OCH3 is 3. The number of hydrogen-bond donors (Lipinski definition) is 1. The Morgan fingerprint density at radius 3 is 2.23 bits per heavy atom. The van der Waals surface area contributed by atoms with E-state index in [2.05, 4.69) is 5.32 Å². The van der Waals surface area contributed by atoms with Crippen LogP contribution in [0.5, 0.6) is 17.2 Å². The topological polar surface area (TPSA) is 60.0 Å². The van der Waals surface area contributed by atoms with Gasteiger partial charge in [-0.1, -0.05) is 0 Å². The van der Waals surface area contributed by atoms with Crippen LogP contribution in [0.4, 0.5) is 0 Å². The predicted molar refractivity (Wildman–Crippen MR) is 84.1 cm³/mol. The van der Waals surface area contributed by atoms with Crippen LogP contribution in [0.25, 0.3) is 0 Å². The van der Waals surface area contributed by atoms with Crippen molar-refractivity contribution in [3.63, 3.8) is 0 Å². The molecular formula is C16H24N2O4. The van der Waals surface area contributed by atoms with Crippen LogP contribution in [0.15, 0.2) is 12.1 Å². The fourth-order valence-electron chi connectivity index (χ4n) is 2.81. The highest BCUT2D eigenvalue weighted by Crippen LogP contribution is 2.40. The van der Waals surface area contributed by atoms with E-state index in [-0.39, 0.29) is 5.91 Å². The third-order valence-electron chi connectivity index (χ3n) is 4.13. The van der Waals surface area contributed by atoms with Gasteiger partial charge >= 0.3 is 0 Å². The van der Waals surface area contributed by atoms with E-state index in [1.54, 1.807) is 19.2 Å². The summed E-state index contributed by atoms with van der Waals surface area (Å²) in [6.45, 7) is 1.48. The molecule has 22 heavy (non-hydrogen) atoms. The number of hydrogen-bond acceptors (Lipinski definition) is 5. The lowest BCUT2D eigenvalue weighted by Gasteiger charge is -2.32. The van der Waals surface area contributed by atoms with E-state index in [1.165, 1.54) is 14.2 Å². The minimum atomic E-state index is -0.0349. The van der Waals surface area contributed by atoms with Crippen LogP contribution in [0.2, 0.25) is 0 Å². The minimum Gasteiger partial charge on any atom is -0.493 e. The molecule has 0 saturated carbocycles. The lowest BCUT2D eigenvalue weighted by molar-refractivity contribution is 0.0703. The Bertz CT molecular complexity index is 525. The molecular weight excluding hydrogens is 284 g/mol. The molecule has 1 fully saturated rings. The number of benzene rings is 1. The monoisotopic (exact) mass is 308 g/mol. The van der Waals surface area contributed by atoms with Crippen LogP contribution < -0.4 is 19.5 Å². The second kappa shape index (κ2) is 7.35. The SMILES string of the molecule is CNC1CCN(C(=O)c2ccc(OC)c(OC)c2OC)CC1. The van der Waals surface area contributed by atoms with Crippen molar-refractivity contribution in [2.24, 2.45) is 0 Å². The van der Waals surface area contributed by atoms with Gasteiger partial charge < -0.3 is 24.4 Å². The fourth-order valence-corrected chi connectivity index (χ4v) is 2.81. The highest BCUT2D eigenvalue weighted by atomic mass is 16.5. The van der Waals surface area contributed by atoms with Crippen molar-refractivity contribution >= 4 is 5.91 Å². The van der Waals surface area contributed by atoms with E-state index < -0.39 is 0 Å². The van der Waals surface area contributed by atoms with Crippen LogP contribution >= 0.6 is 0 Å². The van der Waals surface area contributed by atoms with Crippen molar-refractivity contribution in [1.82, 2.24) is 10.2 Å². The van der Waals surface area contributed by atoms with Gasteiger partial charge in [-0.15, -0.1) is 0 Å². The summed E-state index contributed by atoms with van der Waals surface area (Å²) >= 11 is 0. The normalized spacial score (nSPS) is 15.5. The van der Waals surface area contributed by atoms with Gasteiger partial charge in [0, 0.05) is 19.1 Å². The summed E-state index contributed by atoms with van der Waals surface area (Å²) in [6.07, 6.45) is 1.91. The number of carbonyl (C=O) groups is 1. The molecule has 6 nitrogen and oxygen atoms in total. The summed E-state index contributed by atoms with van der Waals surface area (Å²) in [7, 11) is 6.58. The zero-order chi connectivity index (χ0) is 16.1. The molecule has 2 rings (SSSR count). The molecule has 0 radical (unpaired) electrons. The molecule has 0 atom stereocenters. The Kier molecular flexibility index (Phi) is 5.49. The first-order chi connectivity index (χ1) is 10.7. The van der Waals surface area contributed by atoms with E-state index in [4.69, 9.17) is 14.2 Å². The van der Waals surface area contributed by atoms with E-state index in [1.807, 2.05) is 11.9 Å². The van der Waals surface area contributed by atoms with E-state index in [0.717, 1.165) is 25.9 Å². The average molecular weight is 308 g/mol. The molecule has 0 aromatic heterocycles. The molecule has 1 aliphatic heterocycles. The third kappa shape index (κ3) is 3.11. The fraction of sp³-hybridized carbons (Fsp3) is 0.562. The van der Waals surface area contributed by atoms with Crippen LogP contribution in [0.3, 0.4) is 0 Å². The van der Waals surface area contributed by atoms with Crippen molar-refractivity contribution < 1.29 is 19.0 Å². The Balaban J connectivity index is 2.26. The molecule has 1 N–H and O–H groups in total. The highest BCUT2D eigenvalue weighted by Gasteiger charge is 2.27. The Morgan fingerprint density at radius 2 is 1.73 bits per heavy atom. The second-order valence-corrected chi connectivity index (χ2v) is 5.24. The molecule has 1 saturated heterocycles. The van der Waals surface area contributed by atoms with Gasteiger partial charge in [-0.3, -0.25) is 4.79 Å². The van der Waals surface area contributed by atoms with Crippen LogP contribution in [-0.2, 0) is 0 Å². The van der Waals surface area contributed by atoms with Gasteiger partial charge in [-0.25, -0.2) is 0 Å². The van der Waals surface area contributed by atoms with Crippen LogP contribution in [0, 0.1) is 0 Å². The Morgan fingerprint density at radius 1 is 1.09 bits per heavy atom. The largest absolute Gasteiger partial charge is 0.493 e. The van der Waals surface area contributed by atoms with Crippen molar-refractivity contribution in [1.29, 1.82) is 0 Å². The molecule has 1 amide bonds. The molecule has 0 spiro atoms. The Labute approximate surface area is 131 Å². The molecule has 0 aliphatic carbocycles. The van der Waals surface area contributed by atoms with Gasteiger partial charge in [0.25, 0.3) is 5.91 Å². The maximum atomic E-state index is 12.8.